The molecule has 21 heteroatoms. The predicted octanol–water partition coefficient (Wildman–Crippen LogP) is 11.5. The van der Waals surface area contributed by atoms with Gasteiger partial charge in [0.05, 0.1) is 23.3 Å². The molecule has 4 N–H and O–H groups in total. The highest BCUT2D eigenvalue weighted by Gasteiger charge is 2.35. The summed E-state index contributed by atoms with van der Waals surface area (Å²) in [7, 11) is 0. The van der Waals surface area contributed by atoms with E-state index in [0.717, 1.165) is 9.80 Å². The zero-order chi connectivity index (χ0) is 52.7. The van der Waals surface area contributed by atoms with Crippen LogP contribution in [-0.4, -0.2) is 112 Å². The van der Waals surface area contributed by atoms with Gasteiger partial charge in [-0.25, -0.2) is 33.8 Å². The number of alkyl carbamates (subject to hydrolysis) is 2. The van der Waals surface area contributed by atoms with Crippen molar-refractivity contribution in [1.29, 1.82) is 10.8 Å². The van der Waals surface area contributed by atoms with Crippen LogP contribution in [0.3, 0.4) is 0 Å². The molecule has 0 saturated heterocycles. The van der Waals surface area contributed by atoms with Crippen LogP contribution in [0.2, 0.25) is 10.0 Å². The first-order chi connectivity index (χ1) is 31.5. The minimum atomic E-state index is -1.08. The fraction of sp³-hybridized carbons (Fsp3) is 0.583. The summed E-state index contributed by atoms with van der Waals surface area (Å²) >= 11 is 13.0. The summed E-state index contributed by atoms with van der Waals surface area (Å²) in [5.41, 5.74) is -3.87. The molecule has 2 aromatic rings. The molecule has 0 fully saturated rings. The van der Waals surface area contributed by atoms with Gasteiger partial charge in [0.25, 0.3) is 0 Å². The fourth-order valence-electron chi connectivity index (χ4n) is 5.42. The second kappa shape index (κ2) is 25.2. The van der Waals surface area contributed by atoms with Crippen molar-refractivity contribution < 1.29 is 57.1 Å². The standard InChI is InChI=1S/C48H71Cl2N7O12/c1-44(2,3)65-39(58)53-36(51)30-20-22-34(32(49)28-30)63-26-18-16-24-56(42(61)68-47(10,11)12)38(55-41(60)67-46(7,8)9)57(43(62)69-48(13,14)15)25-17-19-27-64-35-23-21-31(29-33(35)50)37(52)54-40(59)66-45(4,5)6/h20-23,28-29H,16-19,24-27H2,1-15H3,(H2,51,53,58)(H2,52,54,59). The van der Waals surface area contributed by atoms with Crippen LogP contribution in [0.5, 0.6) is 11.5 Å². The minimum Gasteiger partial charge on any atom is -0.492 e. The van der Waals surface area contributed by atoms with Crippen molar-refractivity contribution >= 4 is 71.3 Å². The van der Waals surface area contributed by atoms with Crippen LogP contribution in [0, 0.1) is 10.8 Å². The topological polar surface area (TPSA) is 241 Å². The highest BCUT2D eigenvalue weighted by atomic mass is 35.5. The van der Waals surface area contributed by atoms with E-state index in [1.807, 2.05) is 0 Å². The molecule has 0 atom stereocenters. The van der Waals surface area contributed by atoms with E-state index in [-0.39, 0.29) is 60.9 Å². The van der Waals surface area contributed by atoms with E-state index in [2.05, 4.69) is 15.6 Å². The molecular formula is C48H71Cl2N7O12. The van der Waals surface area contributed by atoms with Gasteiger partial charge in [0, 0.05) is 24.2 Å². The first-order valence-electron chi connectivity index (χ1n) is 22.4. The van der Waals surface area contributed by atoms with Gasteiger partial charge in [-0.1, -0.05) is 23.2 Å². The number of nitrogens with zero attached hydrogens (tertiary/aromatic N) is 3. The molecule has 2 rings (SSSR count). The lowest BCUT2D eigenvalue weighted by Crippen LogP contribution is -2.53. The predicted molar refractivity (Wildman–Crippen MR) is 264 cm³/mol. The molecule has 0 aliphatic heterocycles. The maximum Gasteiger partial charge on any atom is 0.437 e. The molecule has 2 aromatic carbocycles. The number of hydrogen-bond donors (Lipinski definition) is 4. The molecule has 0 unspecified atom stereocenters. The summed E-state index contributed by atoms with van der Waals surface area (Å²) in [6, 6.07) is 9.14. The summed E-state index contributed by atoms with van der Waals surface area (Å²) < 4.78 is 39.4. The maximum absolute atomic E-state index is 14.1. The van der Waals surface area contributed by atoms with E-state index < -0.39 is 64.4 Å². The van der Waals surface area contributed by atoms with Crippen LogP contribution in [0.4, 0.5) is 24.0 Å². The number of amides is 5. The lowest BCUT2D eigenvalue weighted by molar-refractivity contribution is 0.0268. The van der Waals surface area contributed by atoms with E-state index in [0.29, 0.717) is 35.5 Å². The van der Waals surface area contributed by atoms with Gasteiger partial charge in [0.2, 0.25) is 5.96 Å². The first-order valence-corrected chi connectivity index (χ1v) is 23.1. The molecule has 69 heavy (non-hydrogen) atoms. The molecule has 0 bridgehead atoms. The molecule has 0 radical (unpaired) electrons. The molecule has 0 aromatic heterocycles. The van der Waals surface area contributed by atoms with Crippen molar-refractivity contribution in [1.82, 2.24) is 20.4 Å². The van der Waals surface area contributed by atoms with Crippen molar-refractivity contribution in [2.24, 2.45) is 4.99 Å². The molecule has 19 nitrogen and oxygen atoms in total. The molecule has 5 amide bonds. The average molecular weight is 1010 g/mol. The Labute approximate surface area is 416 Å². The molecule has 0 aliphatic rings. The van der Waals surface area contributed by atoms with Crippen LogP contribution in [0.15, 0.2) is 41.4 Å². The number of benzene rings is 2. The van der Waals surface area contributed by atoms with Gasteiger partial charge in [-0.15, -0.1) is 4.99 Å². The number of carbonyl (C=O) groups excluding carboxylic acids is 5. The number of rotatable bonds is 14. The van der Waals surface area contributed by atoms with Gasteiger partial charge >= 0.3 is 30.5 Å². The van der Waals surface area contributed by atoms with E-state index in [1.165, 1.54) is 12.1 Å². The summed E-state index contributed by atoms with van der Waals surface area (Å²) in [5, 5.41) is 21.6. The number of hydrogen-bond acceptors (Lipinski definition) is 14. The monoisotopic (exact) mass is 1010 g/mol. The van der Waals surface area contributed by atoms with Crippen molar-refractivity contribution in [3.8, 4) is 11.5 Å². The number of ether oxygens (including phenoxy) is 7. The van der Waals surface area contributed by atoms with Gasteiger partial charge < -0.3 is 33.2 Å². The molecule has 0 saturated carbocycles. The van der Waals surface area contributed by atoms with Gasteiger partial charge in [0.1, 0.15) is 51.2 Å². The zero-order valence-corrected chi connectivity index (χ0v) is 44.1. The Morgan fingerprint density at radius 2 is 0.855 bits per heavy atom. The highest BCUT2D eigenvalue weighted by Crippen LogP contribution is 2.28. The van der Waals surface area contributed by atoms with Crippen LogP contribution in [0.1, 0.15) is 141 Å². The highest BCUT2D eigenvalue weighted by molar-refractivity contribution is 6.33. The van der Waals surface area contributed by atoms with Crippen LogP contribution >= 0.6 is 23.2 Å². The maximum atomic E-state index is 14.1. The number of unbranched alkanes of at least 4 members (excludes halogenated alkanes) is 2. The van der Waals surface area contributed by atoms with Crippen molar-refractivity contribution in [2.75, 3.05) is 26.3 Å². The Kier molecular flexibility index (Phi) is 21.6. The van der Waals surface area contributed by atoms with Gasteiger partial charge in [-0.3, -0.25) is 21.5 Å². The van der Waals surface area contributed by atoms with E-state index >= 15 is 0 Å². The second-order valence-electron chi connectivity index (χ2n) is 20.6. The Morgan fingerprint density at radius 1 is 0.522 bits per heavy atom. The summed E-state index contributed by atoms with van der Waals surface area (Å²) in [4.78, 5) is 72.4. The first kappa shape index (κ1) is 59.3. The van der Waals surface area contributed by atoms with E-state index in [1.54, 1.807) is 128 Å². The normalized spacial score (nSPS) is 11.8. The summed E-state index contributed by atoms with van der Waals surface area (Å²) in [6.07, 6.45) is -3.30. The van der Waals surface area contributed by atoms with Gasteiger partial charge in [-0.2, -0.15) is 0 Å². The fourth-order valence-corrected chi connectivity index (χ4v) is 5.89. The van der Waals surface area contributed by atoms with Crippen LogP contribution in [-0.2, 0) is 23.7 Å². The quantitative estimate of drug-likeness (QED) is 0.0598. The zero-order valence-electron chi connectivity index (χ0n) is 42.6. The minimum absolute atomic E-state index is 0.109. The van der Waals surface area contributed by atoms with Gasteiger partial charge in [-0.05, 0) is 166 Å². The second-order valence-corrected chi connectivity index (χ2v) is 21.4. The number of aliphatic imine (C=N–C) groups is 1. The summed E-state index contributed by atoms with van der Waals surface area (Å²) in [6.45, 7) is 25.2. The lowest BCUT2D eigenvalue weighted by atomic mass is 10.2. The molecule has 0 spiro atoms. The Bertz CT molecular complexity index is 2050. The largest absolute Gasteiger partial charge is 0.492 e. The van der Waals surface area contributed by atoms with Crippen molar-refractivity contribution in [2.45, 2.75) is 158 Å². The molecule has 384 valence electrons. The third-order valence-corrected chi connectivity index (χ3v) is 8.65. The molecule has 0 aliphatic carbocycles. The average Bonchev–Trinajstić information content (AvgIpc) is 3.14. The SMILES string of the molecule is CC(C)(C)OC(=O)N=C(N(CCCCOc1ccc(C(=N)NC(=O)OC(C)(C)C)cc1Cl)C(=O)OC(C)(C)C)N(CCCCOc1ccc(C(=N)NC(=O)OC(C)(C)C)cc1Cl)C(=O)OC(C)(C)C. The number of nitrogens with one attached hydrogen (secondary N) is 4. The van der Waals surface area contributed by atoms with Crippen molar-refractivity contribution in [3.63, 3.8) is 0 Å². The van der Waals surface area contributed by atoms with Crippen LogP contribution < -0.4 is 20.1 Å². The molecule has 0 heterocycles. The smallest absolute Gasteiger partial charge is 0.437 e. The Morgan fingerprint density at radius 3 is 1.16 bits per heavy atom. The number of halogens is 2. The Balaban J connectivity index is 2.36. The van der Waals surface area contributed by atoms with E-state index in [4.69, 9.17) is 67.2 Å². The number of amidine groups is 2. The van der Waals surface area contributed by atoms with E-state index in [9.17, 15) is 24.0 Å². The number of guanidine groups is 1. The Hall–Kier alpha value is -5.82. The third-order valence-electron chi connectivity index (χ3n) is 8.06. The third kappa shape index (κ3) is 23.8. The lowest BCUT2D eigenvalue weighted by Gasteiger charge is -2.34. The van der Waals surface area contributed by atoms with Gasteiger partial charge in [0.15, 0.2) is 0 Å². The van der Waals surface area contributed by atoms with Crippen molar-refractivity contribution in [3.05, 3.63) is 57.6 Å². The molecular weight excluding hydrogens is 937 g/mol. The summed E-state index contributed by atoms with van der Waals surface area (Å²) in [5.74, 6) is -0.235. The van der Waals surface area contributed by atoms with Crippen LogP contribution in [0.25, 0.3) is 0 Å². The number of carbonyl (C=O) groups is 5.